The molecule has 2 bridgehead atoms. The van der Waals surface area contributed by atoms with Crippen LogP contribution < -0.4 is 10.5 Å². The molecule has 1 aromatic carbocycles. The van der Waals surface area contributed by atoms with E-state index in [0.717, 1.165) is 12.8 Å². The van der Waals surface area contributed by atoms with Gasteiger partial charge in [0, 0.05) is 45.3 Å². The highest BCUT2D eigenvalue weighted by atomic mass is 16.5. The van der Waals surface area contributed by atoms with Crippen LogP contribution in [0.25, 0.3) is 0 Å². The third kappa shape index (κ3) is 4.32. The van der Waals surface area contributed by atoms with Crippen LogP contribution in [-0.4, -0.2) is 78.9 Å². The highest BCUT2D eigenvalue weighted by Gasteiger charge is 2.39. The molecule has 3 aliphatic heterocycles. The molecule has 0 radical (unpaired) electrons. The number of carbonyl (C=O) groups excluding carboxylic acids is 3. The average molecular weight is 374 g/mol. The number of nitrogens with two attached hydrogens (primary N) is 1. The fourth-order valence-corrected chi connectivity index (χ4v) is 3.81. The molecule has 4 rings (SSSR count). The molecular formula is C19H26N4O4. The third-order valence-corrected chi connectivity index (χ3v) is 5.09. The SMILES string of the molecule is CN(C)C(=O)N1CC2CCC(C1)N(C(=O)c1cccc(OCC(N)=O)c1)C2. The molecule has 3 saturated heterocycles. The Kier molecular flexibility index (Phi) is 5.53. The molecule has 0 aromatic heterocycles. The summed E-state index contributed by atoms with van der Waals surface area (Å²) < 4.78 is 5.30. The number of rotatable bonds is 4. The van der Waals surface area contributed by atoms with Crippen molar-refractivity contribution in [3.8, 4) is 5.75 Å². The summed E-state index contributed by atoms with van der Waals surface area (Å²) >= 11 is 0. The Hall–Kier alpha value is -2.77. The summed E-state index contributed by atoms with van der Waals surface area (Å²) in [6, 6.07) is 6.78. The van der Waals surface area contributed by atoms with Gasteiger partial charge in [-0.15, -0.1) is 0 Å². The van der Waals surface area contributed by atoms with Gasteiger partial charge in [-0.2, -0.15) is 0 Å². The Labute approximate surface area is 158 Å². The summed E-state index contributed by atoms with van der Waals surface area (Å²) in [5, 5.41) is 0. The van der Waals surface area contributed by atoms with Crippen LogP contribution in [0, 0.1) is 5.92 Å². The van der Waals surface area contributed by atoms with E-state index in [1.54, 1.807) is 43.3 Å². The van der Waals surface area contributed by atoms with Gasteiger partial charge in [-0.25, -0.2) is 4.79 Å². The first-order valence-corrected chi connectivity index (χ1v) is 9.13. The van der Waals surface area contributed by atoms with Crippen LogP contribution in [0.2, 0.25) is 0 Å². The molecule has 8 heteroatoms. The fraction of sp³-hybridized carbons (Fsp3) is 0.526. The Morgan fingerprint density at radius 3 is 2.67 bits per heavy atom. The average Bonchev–Trinajstić information content (AvgIpc) is 2.97. The van der Waals surface area contributed by atoms with E-state index >= 15 is 0 Å². The van der Waals surface area contributed by atoms with Gasteiger partial charge in [0.1, 0.15) is 5.75 Å². The summed E-state index contributed by atoms with van der Waals surface area (Å²) in [7, 11) is 3.49. The van der Waals surface area contributed by atoms with Gasteiger partial charge in [0.25, 0.3) is 11.8 Å². The number of hydrogen-bond acceptors (Lipinski definition) is 4. The maximum Gasteiger partial charge on any atom is 0.319 e. The molecule has 2 unspecified atom stereocenters. The first-order valence-electron chi connectivity index (χ1n) is 9.13. The fourth-order valence-electron chi connectivity index (χ4n) is 3.81. The van der Waals surface area contributed by atoms with E-state index in [-0.39, 0.29) is 30.5 Å². The molecule has 0 aliphatic carbocycles. The Balaban J connectivity index is 1.75. The van der Waals surface area contributed by atoms with Crippen molar-refractivity contribution < 1.29 is 19.1 Å². The maximum atomic E-state index is 13.1. The summed E-state index contributed by atoms with van der Waals surface area (Å²) in [5.74, 6) is 0.0746. The molecule has 0 saturated carbocycles. The molecule has 3 aliphatic rings. The van der Waals surface area contributed by atoms with Gasteiger partial charge >= 0.3 is 6.03 Å². The number of carbonyl (C=O) groups is 3. The number of urea groups is 1. The zero-order valence-corrected chi connectivity index (χ0v) is 15.8. The quantitative estimate of drug-likeness (QED) is 0.842. The number of amides is 4. The van der Waals surface area contributed by atoms with Crippen molar-refractivity contribution in [1.82, 2.24) is 14.7 Å². The van der Waals surface area contributed by atoms with Crippen LogP contribution in [0.5, 0.6) is 5.75 Å². The van der Waals surface area contributed by atoms with E-state index in [4.69, 9.17) is 10.5 Å². The molecule has 3 heterocycles. The lowest BCUT2D eigenvalue weighted by Gasteiger charge is -2.36. The highest BCUT2D eigenvalue weighted by molar-refractivity contribution is 5.95. The minimum Gasteiger partial charge on any atom is -0.484 e. The summed E-state index contributed by atoms with van der Waals surface area (Å²) in [6.07, 6.45) is 1.92. The van der Waals surface area contributed by atoms with Crippen molar-refractivity contribution in [2.24, 2.45) is 11.7 Å². The number of nitrogens with zero attached hydrogens (tertiary/aromatic N) is 3. The third-order valence-electron chi connectivity index (χ3n) is 5.09. The monoisotopic (exact) mass is 374 g/mol. The lowest BCUT2D eigenvalue weighted by molar-refractivity contribution is -0.119. The highest BCUT2D eigenvalue weighted by Crippen LogP contribution is 2.30. The first-order chi connectivity index (χ1) is 12.8. The minimum absolute atomic E-state index is 0.00958. The van der Waals surface area contributed by atoms with E-state index in [0.29, 0.717) is 30.9 Å². The van der Waals surface area contributed by atoms with E-state index in [9.17, 15) is 14.4 Å². The molecule has 27 heavy (non-hydrogen) atoms. The second-order valence-electron chi connectivity index (χ2n) is 7.42. The van der Waals surface area contributed by atoms with Crippen molar-refractivity contribution >= 4 is 17.8 Å². The zero-order valence-electron chi connectivity index (χ0n) is 15.8. The lowest BCUT2D eigenvalue weighted by atomic mass is 9.94. The zero-order chi connectivity index (χ0) is 19.6. The summed E-state index contributed by atoms with van der Waals surface area (Å²) in [4.78, 5) is 41.7. The van der Waals surface area contributed by atoms with E-state index < -0.39 is 5.91 Å². The topological polar surface area (TPSA) is 96.2 Å². The standard InChI is InChI=1S/C19H26N4O4/c1-21(2)19(26)22-9-13-6-7-15(11-22)23(10-13)18(25)14-4-3-5-16(8-14)27-12-17(20)24/h3-5,8,13,15H,6-7,9-12H2,1-2H3,(H2,20,24). The minimum atomic E-state index is -0.567. The molecular weight excluding hydrogens is 348 g/mol. The van der Waals surface area contributed by atoms with Gasteiger partial charge in [0.2, 0.25) is 0 Å². The van der Waals surface area contributed by atoms with Gasteiger partial charge in [-0.3, -0.25) is 9.59 Å². The predicted octanol–water partition coefficient (Wildman–Crippen LogP) is 0.769. The molecule has 2 atom stereocenters. The van der Waals surface area contributed by atoms with E-state index in [2.05, 4.69) is 0 Å². The number of primary amides is 1. The van der Waals surface area contributed by atoms with Crippen molar-refractivity contribution in [2.45, 2.75) is 18.9 Å². The number of benzene rings is 1. The Bertz CT molecular complexity index is 736. The molecule has 4 amide bonds. The van der Waals surface area contributed by atoms with Crippen LogP contribution in [0.4, 0.5) is 4.79 Å². The van der Waals surface area contributed by atoms with E-state index in [1.807, 2.05) is 9.80 Å². The van der Waals surface area contributed by atoms with E-state index in [1.165, 1.54) is 0 Å². The van der Waals surface area contributed by atoms with Crippen LogP contribution in [0.3, 0.4) is 0 Å². The molecule has 146 valence electrons. The van der Waals surface area contributed by atoms with Crippen LogP contribution in [0.15, 0.2) is 24.3 Å². The van der Waals surface area contributed by atoms with Gasteiger partial charge in [0.05, 0.1) is 0 Å². The van der Waals surface area contributed by atoms with Gasteiger partial charge < -0.3 is 25.2 Å². The second kappa shape index (κ2) is 7.85. The molecule has 1 aromatic rings. The molecule has 2 N–H and O–H groups in total. The molecule has 8 nitrogen and oxygen atoms in total. The Morgan fingerprint density at radius 1 is 1.19 bits per heavy atom. The van der Waals surface area contributed by atoms with Gasteiger partial charge in [-0.1, -0.05) is 6.07 Å². The Morgan fingerprint density at radius 2 is 1.96 bits per heavy atom. The van der Waals surface area contributed by atoms with Crippen LogP contribution >= 0.6 is 0 Å². The lowest BCUT2D eigenvalue weighted by Crippen LogP contribution is -2.48. The second-order valence-corrected chi connectivity index (χ2v) is 7.42. The largest absolute Gasteiger partial charge is 0.484 e. The van der Waals surface area contributed by atoms with Gasteiger partial charge in [0.15, 0.2) is 6.61 Å². The van der Waals surface area contributed by atoms with Crippen molar-refractivity contribution in [3.63, 3.8) is 0 Å². The number of hydrogen-bond donors (Lipinski definition) is 1. The molecule has 3 fully saturated rings. The van der Waals surface area contributed by atoms with Crippen molar-refractivity contribution in [3.05, 3.63) is 29.8 Å². The number of ether oxygens (including phenoxy) is 1. The smallest absolute Gasteiger partial charge is 0.319 e. The normalized spacial score (nSPS) is 21.6. The van der Waals surface area contributed by atoms with Crippen molar-refractivity contribution in [1.29, 1.82) is 0 Å². The van der Waals surface area contributed by atoms with Crippen LogP contribution in [0.1, 0.15) is 23.2 Å². The number of piperidine rings is 1. The van der Waals surface area contributed by atoms with Gasteiger partial charge in [-0.05, 0) is 37.0 Å². The first kappa shape index (κ1) is 19.0. The molecule has 0 spiro atoms. The predicted molar refractivity (Wildman–Crippen MR) is 99.3 cm³/mol. The maximum absolute atomic E-state index is 13.1. The van der Waals surface area contributed by atoms with Crippen LogP contribution in [-0.2, 0) is 4.79 Å². The van der Waals surface area contributed by atoms with Crippen molar-refractivity contribution in [2.75, 3.05) is 40.3 Å². The summed E-state index contributed by atoms with van der Waals surface area (Å²) in [6.45, 7) is 1.65. The summed E-state index contributed by atoms with van der Waals surface area (Å²) in [5.41, 5.74) is 5.61. The number of fused-ring (bicyclic) bond motifs is 4.